The molecule has 1 unspecified atom stereocenters. The number of phenols is 1. The molecule has 122 valence electrons. The molecule has 0 spiro atoms. The Morgan fingerprint density at radius 1 is 1.26 bits per heavy atom. The summed E-state index contributed by atoms with van der Waals surface area (Å²) in [6.07, 6.45) is 0.810. The van der Waals surface area contributed by atoms with Crippen LogP contribution in [0.25, 0.3) is 0 Å². The minimum Gasteiger partial charge on any atom is -0.508 e. The van der Waals surface area contributed by atoms with E-state index < -0.39 is 11.9 Å². The topological polar surface area (TPSA) is 75.4 Å². The first-order valence-electron chi connectivity index (χ1n) is 7.23. The summed E-state index contributed by atoms with van der Waals surface area (Å²) >= 11 is 5.90. The number of aromatic hydroxyl groups is 1. The fraction of sp³-hybridized carbons (Fsp3) is 0.235. The molecule has 0 bridgehead atoms. The quantitative estimate of drug-likeness (QED) is 0.680. The zero-order valence-electron chi connectivity index (χ0n) is 12.4. The number of hydrogen-bond acceptors (Lipinski definition) is 3. The van der Waals surface area contributed by atoms with Gasteiger partial charge in [0.1, 0.15) is 11.6 Å². The second kappa shape index (κ2) is 7.94. The summed E-state index contributed by atoms with van der Waals surface area (Å²) in [6, 6.07) is 10.4. The van der Waals surface area contributed by atoms with Gasteiger partial charge in [0.2, 0.25) is 5.91 Å². The van der Waals surface area contributed by atoms with Gasteiger partial charge in [-0.1, -0.05) is 23.7 Å². The van der Waals surface area contributed by atoms with Gasteiger partial charge in [-0.2, -0.15) is 0 Å². The summed E-state index contributed by atoms with van der Waals surface area (Å²) in [5, 5.41) is 13.9. The largest absolute Gasteiger partial charge is 0.508 e. The number of phenolic OH excluding ortho intramolecular Hbond substituents is 1. The molecule has 1 atom stereocenters. The van der Waals surface area contributed by atoms with Crippen LogP contribution in [0.5, 0.6) is 5.75 Å². The number of primary amides is 1. The fourth-order valence-electron chi connectivity index (χ4n) is 2.33. The molecule has 2 aromatic carbocycles. The Hall–Kier alpha value is -2.11. The molecule has 4 nitrogen and oxygen atoms in total. The van der Waals surface area contributed by atoms with Gasteiger partial charge in [0.05, 0.1) is 6.04 Å². The van der Waals surface area contributed by atoms with Gasteiger partial charge in [-0.15, -0.1) is 0 Å². The van der Waals surface area contributed by atoms with Crippen molar-refractivity contribution in [2.24, 2.45) is 5.73 Å². The molecule has 0 aliphatic carbocycles. The lowest BCUT2D eigenvalue weighted by molar-refractivity contribution is -0.118. The van der Waals surface area contributed by atoms with Gasteiger partial charge in [-0.25, -0.2) is 4.39 Å². The van der Waals surface area contributed by atoms with Crippen molar-refractivity contribution >= 4 is 17.5 Å². The van der Waals surface area contributed by atoms with Crippen LogP contribution >= 0.6 is 11.6 Å². The second-order valence-corrected chi connectivity index (χ2v) is 5.65. The second-order valence-electron chi connectivity index (χ2n) is 5.21. The highest BCUT2D eigenvalue weighted by molar-refractivity contribution is 6.30. The molecular weight excluding hydrogens is 319 g/mol. The van der Waals surface area contributed by atoms with Gasteiger partial charge in [-0.05, 0) is 48.9 Å². The van der Waals surface area contributed by atoms with E-state index in [4.69, 9.17) is 17.3 Å². The highest BCUT2D eigenvalue weighted by atomic mass is 35.5. The number of hydrogen-bond donors (Lipinski definition) is 3. The number of amides is 1. The van der Waals surface area contributed by atoms with E-state index in [0.29, 0.717) is 23.6 Å². The number of carbonyl (C=O) groups is 1. The minimum atomic E-state index is -0.435. The molecule has 0 aromatic heterocycles. The van der Waals surface area contributed by atoms with Crippen LogP contribution in [-0.2, 0) is 4.79 Å². The Labute approximate surface area is 139 Å². The first kappa shape index (κ1) is 17.2. The van der Waals surface area contributed by atoms with Gasteiger partial charge in [-0.3, -0.25) is 4.79 Å². The molecule has 0 saturated heterocycles. The van der Waals surface area contributed by atoms with Crippen LogP contribution in [0.4, 0.5) is 4.39 Å². The summed E-state index contributed by atoms with van der Waals surface area (Å²) in [7, 11) is 0. The summed E-state index contributed by atoms with van der Waals surface area (Å²) in [4.78, 5) is 10.8. The van der Waals surface area contributed by atoms with E-state index in [9.17, 15) is 14.3 Å². The van der Waals surface area contributed by atoms with Crippen molar-refractivity contribution in [1.29, 1.82) is 0 Å². The van der Waals surface area contributed by atoms with E-state index >= 15 is 0 Å². The monoisotopic (exact) mass is 336 g/mol. The van der Waals surface area contributed by atoms with Gasteiger partial charge in [0, 0.05) is 17.0 Å². The average molecular weight is 337 g/mol. The molecule has 0 aliphatic heterocycles. The molecule has 0 fully saturated rings. The highest BCUT2D eigenvalue weighted by Gasteiger charge is 2.18. The number of rotatable bonds is 7. The molecule has 6 heteroatoms. The summed E-state index contributed by atoms with van der Waals surface area (Å²) < 4.78 is 13.6. The van der Waals surface area contributed by atoms with Gasteiger partial charge >= 0.3 is 0 Å². The Morgan fingerprint density at radius 2 is 1.96 bits per heavy atom. The zero-order chi connectivity index (χ0) is 16.8. The molecule has 2 rings (SSSR count). The van der Waals surface area contributed by atoms with E-state index in [0.717, 1.165) is 5.56 Å². The molecule has 2 aromatic rings. The summed E-state index contributed by atoms with van der Waals surface area (Å²) in [5.74, 6) is -0.812. The third-order valence-electron chi connectivity index (χ3n) is 3.45. The van der Waals surface area contributed by atoms with E-state index in [2.05, 4.69) is 5.32 Å². The maximum atomic E-state index is 13.6. The van der Waals surface area contributed by atoms with E-state index in [-0.39, 0.29) is 18.1 Å². The molecule has 23 heavy (non-hydrogen) atoms. The first-order chi connectivity index (χ1) is 11.0. The van der Waals surface area contributed by atoms with Crippen molar-refractivity contribution in [3.63, 3.8) is 0 Å². The third-order valence-corrected chi connectivity index (χ3v) is 3.70. The Bertz CT molecular complexity index is 677. The molecule has 0 aliphatic rings. The molecular formula is C17H18ClFN2O2. The smallest absolute Gasteiger partial charge is 0.217 e. The van der Waals surface area contributed by atoms with Crippen LogP contribution in [0.2, 0.25) is 5.02 Å². The standard InChI is InChI=1S/C17H18ClFN2O2/c18-12-5-3-11(4-6-12)17(21-9-1-2-16(20)23)14-10-13(19)7-8-15(14)22/h3-8,10,17,21-22H,1-2,9H2,(H2,20,23). The van der Waals surface area contributed by atoms with Crippen molar-refractivity contribution in [2.75, 3.05) is 6.54 Å². The van der Waals surface area contributed by atoms with Crippen LogP contribution in [0.15, 0.2) is 42.5 Å². The molecule has 0 saturated carbocycles. The lowest BCUT2D eigenvalue weighted by Crippen LogP contribution is -2.25. The van der Waals surface area contributed by atoms with Crippen molar-refractivity contribution in [3.05, 3.63) is 64.4 Å². The van der Waals surface area contributed by atoms with Crippen molar-refractivity contribution in [3.8, 4) is 5.75 Å². The third kappa shape index (κ3) is 4.94. The Morgan fingerprint density at radius 3 is 2.61 bits per heavy atom. The Balaban J connectivity index is 2.25. The predicted molar refractivity (Wildman–Crippen MR) is 87.8 cm³/mol. The lowest BCUT2D eigenvalue weighted by atomic mass is 9.97. The first-order valence-corrected chi connectivity index (χ1v) is 7.60. The lowest BCUT2D eigenvalue weighted by Gasteiger charge is -2.21. The minimum absolute atomic E-state index is 0.00579. The number of nitrogens with one attached hydrogen (secondary N) is 1. The van der Waals surface area contributed by atoms with Crippen LogP contribution in [0.1, 0.15) is 30.0 Å². The van der Waals surface area contributed by atoms with Gasteiger partial charge < -0.3 is 16.2 Å². The van der Waals surface area contributed by atoms with Crippen LogP contribution in [0.3, 0.4) is 0 Å². The molecule has 0 radical (unpaired) electrons. The predicted octanol–water partition coefficient (Wildman–Crippen LogP) is 3.13. The molecule has 1 amide bonds. The number of carbonyl (C=O) groups excluding carboxylic acids is 1. The fourth-order valence-corrected chi connectivity index (χ4v) is 2.45. The van der Waals surface area contributed by atoms with E-state index in [1.807, 2.05) is 0 Å². The normalized spacial score (nSPS) is 12.1. The van der Waals surface area contributed by atoms with Crippen LogP contribution < -0.4 is 11.1 Å². The zero-order valence-corrected chi connectivity index (χ0v) is 13.2. The van der Waals surface area contributed by atoms with Crippen molar-refractivity contribution in [1.82, 2.24) is 5.32 Å². The average Bonchev–Trinajstić information content (AvgIpc) is 2.51. The van der Waals surface area contributed by atoms with Crippen molar-refractivity contribution < 1.29 is 14.3 Å². The maximum absolute atomic E-state index is 13.6. The summed E-state index contributed by atoms with van der Waals surface area (Å²) in [6.45, 7) is 0.492. The molecule has 4 N–H and O–H groups in total. The van der Waals surface area contributed by atoms with E-state index in [1.54, 1.807) is 24.3 Å². The van der Waals surface area contributed by atoms with E-state index in [1.165, 1.54) is 18.2 Å². The number of halogens is 2. The number of benzene rings is 2. The Kier molecular flexibility index (Phi) is 5.96. The van der Waals surface area contributed by atoms with Gasteiger partial charge in [0.25, 0.3) is 0 Å². The maximum Gasteiger partial charge on any atom is 0.217 e. The SMILES string of the molecule is NC(=O)CCCNC(c1ccc(Cl)cc1)c1cc(F)ccc1O. The highest BCUT2D eigenvalue weighted by Crippen LogP contribution is 2.30. The summed E-state index contributed by atoms with van der Waals surface area (Å²) in [5.41, 5.74) is 6.37. The molecule has 0 heterocycles. The van der Waals surface area contributed by atoms with Crippen LogP contribution in [0, 0.1) is 5.82 Å². The van der Waals surface area contributed by atoms with Gasteiger partial charge in [0.15, 0.2) is 0 Å². The van der Waals surface area contributed by atoms with Crippen molar-refractivity contribution in [2.45, 2.75) is 18.9 Å². The number of nitrogens with two attached hydrogens (primary N) is 1. The van der Waals surface area contributed by atoms with Crippen LogP contribution in [-0.4, -0.2) is 17.6 Å².